The van der Waals surface area contributed by atoms with Gasteiger partial charge in [-0.05, 0) is 54.9 Å². The number of benzene rings is 1. The molecule has 1 aromatic carbocycles. The quantitative estimate of drug-likeness (QED) is 0.788. The van der Waals surface area contributed by atoms with Gasteiger partial charge >= 0.3 is 0 Å². The SMILES string of the molecule is Cc1ccc(C(=O)c2cnsc2C2CC2)c(F)c1. The minimum Gasteiger partial charge on any atom is -0.288 e. The van der Waals surface area contributed by atoms with E-state index in [1.165, 1.54) is 17.6 Å². The molecule has 0 N–H and O–H groups in total. The fraction of sp³-hybridized carbons (Fsp3) is 0.286. The van der Waals surface area contributed by atoms with Gasteiger partial charge in [-0.15, -0.1) is 0 Å². The Balaban J connectivity index is 2.00. The number of carbonyl (C=O) groups is 1. The van der Waals surface area contributed by atoms with Gasteiger partial charge in [0, 0.05) is 4.88 Å². The highest BCUT2D eigenvalue weighted by Gasteiger charge is 2.31. The van der Waals surface area contributed by atoms with Gasteiger partial charge in [0.25, 0.3) is 0 Å². The van der Waals surface area contributed by atoms with Crippen molar-refractivity contribution in [3.05, 3.63) is 51.8 Å². The minimum absolute atomic E-state index is 0.141. The number of aromatic nitrogens is 1. The molecule has 1 aliphatic rings. The summed E-state index contributed by atoms with van der Waals surface area (Å²) in [7, 11) is 0. The molecule has 0 bridgehead atoms. The van der Waals surface area contributed by atoms with Crippen molar-refractivity contribution in [1.82, 2.24) is 4.37 Å². The van der Waals surface area contributed by atoms with Crippen LogP contribution in [-0.4, -0.2) is 10.2 Å². The third-order valence-electron chi connectivity index (χ3n) is 3.16. The van der Waals surface area contributed by atoms with Crippen molar-refractivity contribution in [2.75, 3.05) is 0 Å². The maximum atomic E-state index is 13.8. The predicted octanol–water partition coefficient (Wildman–Crippen LogP) is 3.70. The summed E-state index contributed by atoms with van der Waals surface area (Å²) in [5, 5.41) is 0. The summed E-state index contributed by atoms with van der Waals surface area (Å²) in [6.07, 6.45) is 3.79. The van der Waals surface area contributed by atoms with Crippen LogP contribution in [-0.2, 0) is 0 Å². The highest BCUT2D eigenvalue weighted by atomic mass is 32.1. The summed E-state index contributed by atoms with van der Waals surface area (Å²) < 4.78 is 17.9. The van der Waals surface area contributed by atoms with E-state index in [0.717, 1.165) is 23.3 Å². The van der Waals surface area contributed by atoms with Crippen LogP contribution in [0.3, 0.4) is 0 Å². The zero-order valence-corrected chi connectivity index (χ0v) is 10.8. The standard InChI is InChI=1S/C14H12FNOS/c1-8-2-5-10(12(15)6-8)13(17)11-7-16-18-14(11)9-3-4-9/h2,5-7,9H,3-4H2,1H3. The van der Waals surface area contributed by atoms with E-state index in [-0.39, 0.29) is 11.3 Å². The van der Waals surface area contributed by atoms with Gasteiger partial charge in [0.2, 0.25) is 0 Å². The molecule has 3 rings (SSSR count). The van der Waals surface area contributed by atoms with E-state index in [9.17, 15) is 9.18 Å². The third kappa shape index (κ3) is 1.97. The molecule has 92 valence electrons. The van der Waals surface area contributed by atoms with Crippen LogP contribution in [0.15, 0.2) is 24.4 Å². The van der Waals surface area contributed by atoms with Crippen LogP contribution in [0.5, 0.6) is 0 Å². The van der Waals surface area contributed by atoms with Crippen LogP contribution in [0.4, 0.5) is 4.39 Å². The van der Waals surface area contributed by atoms with E-state index in [4.69, 9.17) is 0 Å². The smallest absolute Gasteiger partial charge is 0.198 e. The lowest BCUT2D eigenvalue weighted by Gasteiger charge is -2.03. The van der Waals surface area contributed by atoms with Gasteiger partial charge < -0.3 is 0 Å². The number of nitrogens with zero attached hydrogens (tertiary/aromatic N) is 1. The lowest BCUT2D eigenvalue weighted by Crippen LogP contribution is -2.05. The normalized spacial score (nSPS) is 14.8. The van der Waals surface area contributed by atoms with Crippen LogP contribution >= 0.6 is 11.5 Å². The molecule has 0 atom stereocenters. The van der Waals surface area contributed by atoms with E-state index in [1.54, 1.807) is 25.3 Å². The molecule has 1 heterocycles. The van der Waals surface area contributed by atoms with Crippen LogP contribution in [0.25, 0.3) is 0 Å². The number of aryl methyl sites for hydroxylation is 1. The summed E-state index contributed by atoms with van der Waals surface area (Å²) in [4.78, 5) is 13.3. The first-order valence-corrected chi connectivity index (χ1v) is 6.69. The molecule has 2 nitrogen and oxygen atoms in total. The van der Waals surface area contributed by atoms with Gasteiger partial charge in [0.05, 0.1) is 17.3 Å². The second-order valence-electron chi connectivity index (χ2n) is 4.69. The maximum absolute atomic E-state index is 13.8. The molecule has 0 amide bonds. The number of halogens is 1. The molecule has 0 aliphatic heterocycles. The van der Waals surface area contributed by atoms with Crippen molar-refractivity contribution in [2.24, 2.45) is 0 Å². The van der Waals surface area contributed by atoms with Crippen LogP contribution in [0.1, 0.15) is 45.1 Å². The van der Waals surface area contributed by atoms with Gasteiger partial charge in [-0.2, -0.15) is 0 Å². The topological polar surface area (TPSA) is 30.0 Å². The number of rotatable bonds is 3. The largest absolute Gasteiger partial charge is 0.288 e. The lowest BCUT2D eigenvalue weighted by molar-refractivity contribution is 0.103. The van der Waals surface area contributed by atoms with Crippen molar-refractivity contribution in [3.8, 4) is 0 Å². The fourth-order valence-corrected chi connectivity index (χ4v) is 2.91. The fourth-order valence-electron chi connectivity index (χ4n) is 2.01. The van der Waals surface area contributed by atoms with Crippen LogP contribution < -0.4 is 0 Å². The maximum Gasteiger partial charge on any atom is 0.198 e. The monoisotopic (exact) mass is 261 g/mol. The number of ketones is 1. The Morgan fingerprint density at radius 3 is 2.83 bits per heavy atom. The molecule has 4 heteroatoms. The average molecular weight is 261 g/mol. The van der Waals surface area contributed by atoms with E-state index in [2.05, 4.69) is 4.37 Å². The van der Waals surface area contributed by atoms with Crippen molar-refractivity contribution in [2.45, 2.75) is 25.7 Å². The molecule has 0 saturated heterocycles. The van der Waals surface area contributed by atoms with Gasteiger partial charge in [-0.1, -0.05) is 6.07 Å². The van der Waals surface area contributed by atoms with E-state index in [1.807, 2.05) is 0 Å². The minimum atomic E-state index is -0.451. The molecule has 1 fully saturated rings. The number of hydrogen-bond acceptors (Lipinski definition) is 3. The molecule has 0 spiro atoms. The molecule has 18 heavy (non-hydrogen) atoms. The van der Waals surface area contributed by atoms with Crippen molar-refractivity contribution in [1.29, 1.82) is 0 Å². The number of hydrogen-bond donors (Lipinski definition) is 0. The Labute approximate surface area is 109 Å². The molecule has 1 aliphatic carbocycles. The molecule has 1 aromatic heterocycles. The van der Waals surface area contributed by atoms with E-state index < -0.39 is 5.82 Å². The Bertz CT molecular complexity index is 616. The molecule has 0 unspecified atom stereocenters. The van der Waals surface area contributed by atoms with Gasteiger partial charge in [0.1, 0.15) is 5.82 Å². The van der Waals surface area contributed by atoms with Gasteiger partial charge in [-0.3, -0.25) is 4.79 Å². The van der Waals surface area contributed by atoms with Crippen LogP contribution in [0, 0.1) is 12.7 Å². The van der Waals surface area contributed by atoms with Gasteiger partial charge in [-0.25, -0.2) is 8.76 Å². The second kappa shape index (κ2) is 4.28. The summed E-state index contributed by atoms with van der Waals surface area (Å²) >= 11 is 1.36. The molecular formula is C14H12FNOS. The Morgan fingerprint density at radius 1 is 1.39 bits per heavy atom. The van der Waals surface area contributed by atoms with Crippen molar-refractivity contribution >= 4 is 17.3 Å². The van der Waals surface area contributed by atoms with Crippen LogP contribution in [0.2, 0.25) is 0 Å². The molecule has 1 saturated carbocycles. The van der Waals surface area contributed by atoms with Crippen molar-refractivity contribution < 1.29 is 9.18 Å². The van der Waals surface area contributed by atoms with E-state index >= 15 is 0 Å². The summed E-state index contributed by atoms with van der Waals surface area (Å²) in [6.45, 7) is 1.80. The first-order valence-electron chi connectivity index (χ1n) is 5.92. The zero-order chi connectivity index (χ0) is 12.7. The average Bonchev–Trinajstić information content (AvgIpc) is 3.06. The highest BCUT2D eigenvalue weighted by molar-refractivity contribution is 7.06. The Kier molecular flexibility index (Phi) is 2.74. The van der Waals surface area contributed by atoms with Gasteiger partial charge in [0.15, 0.2) is 5.78 Å². The third-order valence-corrected chi connectivity index (χ3v) is 4.12. The Morgan fingerprint density at radius 2 is 2.17 bits per heavy atom. The lowest BCUT2D eigenvalue weighted by atomic mass is 10.0. The Hall–Kier alpha value is -1.55. The predicted molar refractivity (Wildman–Crippen MR) is 68.7 cm³/mol. The summed E-state index contributed by atoms with van der Waals surface area (Å²) in [6, 6.07) is 4.71. The number of carbonyl (C=O) groups excluding carboxylic acids is 1. The molecular weight excluding hydrogens is 249 g/mol. The highest BCUT2D eigenvalue weighted by Crippen LogP contribution is 2.44. The first kappa shape index (κ1) is 11.5. The summed E-state index contributed by atoms with van der Waals surface area (Å²) in [5.74, 6) is -0.235. The second-order valence-corrected chi connectivity index (χ2v) is 5.52. The molecule has 2 aromatic rings. The molecule has 0 radical (unpaired) electrons. The van der Waals surface area contributed by atoms with E-state index in [0.29, 0.717) is 11.5 Å². The summed E-state index contributed by atoms with van der Waals surface area (Å²) in [5.41, 5.74) is 1.53. The zero-order valence-electron chi connectivity index (χ0n) is 9.94. The first-order chi connectivity index (χ1) is 8.66. The van der Waals surface area contributed by atoms with Crippen molar-refractivity contribution in [3.63, 3.8) is 0 Å².